The Balaban J connectivity index is 1.64. The Kier molecular flexibility index (Phi) is 4.65. The Labute approximate surface area is 168 Å². The second-order valence-corrected chi connectivity index (χ2v) is 7.01. The van der Waals surface area contributed by atoms with Crippen LogP contribution in [0.4, 0.5) is 16.2 Å². The zero-order valence-electron chi connectivity index (χ0n) is 14.6. The van der Waals surface area contributed by atoms with Gasteiger partial charge in [0.15, 0.2) is 0 Å². The molecule has 4 rings (SSSR count). The van der Waals surface area contributed by atoms with E-state index in [1.54, 1.807) is 36.4 Å². The highest BCUT2D eigenvalue weighted by Crippen LogP contribution is 2.37. The van der Waals surface area contributed by atoms with Gasteiger partial charge >= 0.3 is 0 Å². The third kappa shape index (κ3) is 3.50. The SMILES string of the molecule is O=C1SC(=Cc2ccc(-c3ccccc3[N+](=O)[O-])o2)C(=O)N1c1cccc(O)c1. The minimum absolute atomic E-state index is 0.0642. The molecular formula is C20H12N2O6S. The molecule has 2 aromatic carbocycles. The Morgan fingerprint density at radius 3 is 2.62 bits per heavy atom. The van der Waals surface area contributed by atoms with Gasteiger partial charge < -0.3 is 9.52 Å². The first kappa shape index (κ1) is 18.5. The van der Waals surface area contributed by atoms with Crippen LogP contribution in [0.3, 0.4) is 0 Å². The maximum Gasteiger partial charge on any atom is 0.298 e. The molecule has 1 N–H and O–H groups in total. The van der Waals surface area contributed by atoms with Crippen molar-refractivity contribution < 1.29 is 24.0 Å². The number of furan rings is 1. The van der Waals surface area contributed by atoms with E-state index in [1.807, 2.05) is 0 Å². The van der Waals surface area contributed by atoms with Gasteiger partial charge in [-0.1, -0.05) is 18.2 Å². The summed E-state index contributed by atoms with van der Waals surface area (Å²) in [6.45, 7) is 0. The maximum atomic E-state index is 12.7. The highest BCUT2D eigenvalue weighted by atomic mass is 32.2. The lowest BCUT2D eigenvalue weighted by molar-refractivity contribution is -0.384. The molecule has 2 amide bonds. The molecular weight excluding hydrogens is 396 g/mol. The molecule has 0 atom stereocenters. The summed E-state index contributed by atoms with van der Waals surface area (Å²) in [5.41, 5.74) is 0.471. The average molecular weight is 408 g/mol. The molecule has 0 saturated carbocycles. The van der Waals surface area contributed by atoms with E-state index in [0.29, 0.717) is 5.56 Å². The number of phenols is 1. The fraction of sp³-hybridized carbons (Fsp3) is 0. The van der Waals surface area contributed by atoms with Crippen LogP contribution in [0.25, 0.3) is 17.4 Å². The molecule has 0 bridgehead atoms. The molecule has 1 aliphatic rings. The lowest BCUT2D eigenvalue weighted by atomic mass is 10.1. The molecule has 1 aromatic heterocycles. The van der Waals surface area contributed by atoms with Gasteiger partial charge in [0.2, 0.25) is 0 Å². The van der Waals surface area contributed by atoms with Crippen molar-refractivity contribution in [2.45, 2.75) is 0 Å². The van der Waals surface area contributed by atoms with Crippen molar-refractivity contribution in [3.8, 4) is 17.1 Å². The van der Waals surface area contributed by atoms with Crippen molar-refractivity contribution in [2.24, 2.45) is 0 Å². The number of benzene rings is 2. The first-order valence-electron chi connectivity index (χ1n) is 8.34. The van der Waals surface area contributed by atoms with Gasteiger partial charge in [-0.05, 0) is 42.1 Å². The molecule has 0 radical (unpaired) electrons. The molecule has 0 unspecified atom stereocenters. The standard InChI is InChI=1S/C20H12N2O6S/c23-13-5-3-4-12(10-13)21-19(24)18(29-20(21)25)11-14-8-9-17(28-14)15-6-1-2-7-16(15)22(26)27/h1-11,23H. The number of amides is 2. The van der Waals surface area contributed by atoms with Gasteiger partial charge in [0.25, 0.3) is 16.8 Å². The normalized spacial score (nSPS) is 15.3. The minimum atomic E-state index is -0.547. The van der Waals surface area contributed by atoms with E-state index < -0.39 is 16.1 Å². The van der Waals surface area contributed by atoms with E-state index in [4.69, 9.17) is 4.42 Å². The van der Waals surface area contributed by atoms with E-state index in [9.17, 15) is 24.8 Å². The van der Waals surface area contributed by atoms with Crippen molar-refractivity contribution in [1.82, 2.24) is 0 Å². The summed E-state index contributed by atoms with van der Waals surface area (Å²) in [7, 11) is 0. The van der Waals surface area contributed by atoms with Crippen molar-refractivity contribution in [3.63, 3.8) is 0 Å². The van der Waals surface area contributed by atoms with Crippen LogP contribution in [-0.2, 0) is 4.79 Å². The average Bonchev–Trinajstić information content (AvgIpc) is 3.26. The largest absolute Gasteiger partial charge is 0.508 e. The van der Waals surface area contributed by atoms with Crippen LogP contribution in [-0.4, -0.2) is 21.2 Å². The van der Waals surface area contributed by atoms with E-state index in [2.05, 4.69) is 0 Å². The van der Waals surface area contributed by atoms with E-state index >= 15 is 0 Å². The van der Waals surface area contributed by atoms with Gasteiger partial charge in [-0.15, -0.1) is 0 Å². The van der Waals surface area contributed by atoms with Crippen molar-refractivity contribution in [2.75, 3.05) is 4.90 Å². The summed E-state index contributed by atoms with van der Waals surface area (Å²) >= 11 is 0.739. The van der Waals surface area contributed by atoms with Gasteiger partial charge in [0.1, 0.15) is 17.3 Å². The number of rotatable bonds is 4. The lowest BCUT2D eigenvalue weighted by Gasteiger charge is -2.12. The highest BCUT2D eigenvalue weighted by molar-refractivity contribution is 8.19. The number of carbonyl (C=O) groups excluding carboxylic acids is 2. The van der Waals surface area contributed by atoms with Gasteiger partial charge in [0.05, 0.1) is 21.1 Å². The van der Waals surface area contributed by atoms with Crippen LogP contribution < -0.4 is 4.90 Å². The number of hydrogen-bond acceptors (Lipinski definition) is 7. The van der Waals surface area contributed by atoms with Crippen LogP contribution in [0.15, 0.2) is 70.0 Å². The number of carbonyl (C=O) groups is 2. The summed E-state index contributed by atoms with van der Waals surface area (Å²) in [4.78, 5) is 36.7. The Morgan fingerprint density at radius 1 is 1.07 bits per heavy atom. The van der Waals surface area contributed by atoms with Gasteiger partial charge in [0, 0.05) is 18.2 Å². The van der Waals surface area contributed by atoms with Crippen LogP contribution in [0.5, 0.6) is 5.75 Å². The Morgan fingerprint density at radius 2 is 1.86 bits per heavy atom. The first-order valence-corrected chi connectivity index (χ1v) is 9.16. The number of phenolic OH excluding ortho intramolecular Hbond substituents is 1. The molecule has 3 aromatic rings. The molecule has 8 nitrogen and oxygen atoms in total. The molecule has 0 spiro atoms. The first-order chi connectivity index (χ1) is 13.9. The topological polar surface area (TPSA) is 114 Å². The number of anilines is 1. The number of hydrogen-bond donors (Lipinski definition) is 1. The second kappa shape index (κ2) is 7.28. The van der Waals surface area contributed by atoms with Crippen molar-refractivity contribution in [3.05, 3.63) is 81.4 Å². The van der Waals surface area contributed by atoms with E-state index in [0.717, 1.165) is 16.7 Å². The zero-order chi connectivity index (χ0) is 20.5. The number of aromatic hydroxyl groups is 1. The van der Waals surface area contributed by atoms with Crippen LogP contribution >= 0.6 is 11.8 Å². The predicted octanol–water partition coefficient (Wildman–Crippen LogP) is 4.80. The van der Waals surface area contributed by atoms with Crippen LogP contribution in [0.2, 0.25) is 0 Å². The number of nitro benzene ring substituents is 1. The molecule has 2 heterocycles. The number of nitrogens with zero attached hydrogens (tertiary/aromatic N) is 2. The number of thioether (sulfide) groups is 1. The summed E-state index contributed by atoms with van der Waals surface area (Å²) < 4.78 is 5.65. The quantitative estimate of drug-likeness (QED) is 0.375. The van der Waals surface area contributed by atoms with Gasteiger partial charge in [-0.2, -0.15) is 0 Å². The van der Waals surface area contributed by atoms with Crippen molar-refractivity contribution in [1.29, 1.82) is 0 Å². The third-order valence-corrected chi connectivity index (χ3v) is 5.02. The summed E-state index contributed by atoms with van der Waals surface area (Å²) in [5, 5.41) is 20.3. The summed E-state index contributed by atoms with van der Waals surface area (Å²) in [6, 6.07) is 15.1. The number of imide groups is 1. The number of para-hydroxylation sites is 1. The van der Waals surface area contributed by atoms with E-state index in [1.165, 1.54) is 30.3 Å². The molecule has 9 heteroatoms. The van der Waals surface area contributed by atoms with Crippen LogP contribution in [0.1, 0.15) is 5.76 Å². The molecule has 1 aliphatic heterocycles. The fourth-order valence-corrected chi connectivity index (χ4v) is 3.69. The monoisotopic (exact) mass is 408 g/mol. The lowest BCUT2D eigenvalue weighted by Crippen LogP contribution is -2.27. The molecule has 1 fully saturated rings. The fourth-order valence-electron chi connectivity index (χ4n) is 2.87. The third-order valence-electron chi connectivity index (χ3n) is 4.15. The molecule has 29 heavy (non-hydrogen) atoms. The van der Waals surface area contributed by atoms with E-state index in [-0.39, 0.29) is 33.5 Å². The zero-order valence-corrected chi connectivity index (χ0v) is 15.5. The second-order valence-electron chi connectivity index (χ2n) is 6.01. The van der Waals surface area contributed by atoms with Crippen molar-refractivity contribution >= 4 is 40.4 Å². The molecule has 144 valence electrons. The minimum Gasteiger partial charge on any atom is -0.508 e. The number of nitro groups is 1. The smallest absolute Gasteiger partial charge is 0.298 e. The Hall–Kier alpha value is -3.85. The predicted molar refractivity (Wildman–Crippen MR) is 107 cm³/mol. The summed E-state index contributed by atoms with van der Waals surface area (Å²) in [5.74, 6) is -0.0600. The summed E-state index contributed by atoms with van der Waals surface area (Å²) in [6.07, 6.45) is 1.41. The molecule has 1 saturated heterocycles. The van der Waals surface area contributed by atoms with Gasteiger partial charge in [-0.3, -0.25) is 19.7 Å². The maximum absolute atomic E-state index is 12.7. The highest BCUT2D eigenvalue weighted by Gasteiger charge is 2.36. The molecule has 0 aliphatic carbocycles. The van der Waals surface area contributed by atoms with Gasteiger partial charge in [-0.25, -0.2) is 4.90 Å². The Bertz CT molecular complexity index is 1180. The van der Waals surface area contributed by atoms with Crippen LogP contribution in [0, 0.1) is 10.1 Å².